The first kappa shape index (κ1) is 24.9. The van der Waals surface area contributed by atoms with Crippen LogP contribution in [0.3, 0.4) is 0 Å². The molecule has 1 aromatic heterocycles. The fourth-order valence-corrected chi connectivity index (χ4v) is 5.31. The molecule has 0 spiro atoms. The molecule has 1 aliphatic rings. The zero-order chi connectivity index (χ0) is 25.6. The van der Waals surface area contributed by atoms with Gasteiger partial charge in [0.15, 0.2) is 0 Å². The molecule has 190 valence electrons. The number of imidazole rings is 1. The first-order valence-corrected chi connectivity index (χ1v) is 13.6. The van der Waals surface area contributed by atoms with Crippen LogP contribution in [0.1, 0.15) is 23.0 Å². The molecule has 4 aromatic rings. The fraction of sp³-hybridized carbons (Fsp3) is 0.241. The third kappa shape index (κ3) is 5.35. The lowest BCUT2D eigenvalue weighted by Crippen LogP contribution is -2.54. The van der Waals surface area contributed by atoms with Crippen LogP contribution in [0.15, 0.2) is 89.7 Å². The number of carbonyl (C=O) groups is 1. The van der Waals surface area contributed by atoms with Crippen molar-refractivity contribution in [1.82, 2.24) is 19.8 Å². The van der Waals surface area contributed by atoms with E-state index in [1.807, 2.05) is 77.7 Å². The Hall–Kier alpha value is -3.75. The highest BCUT2D eigenvalue weighted by atomic mass is 32.2. The van der Waals surface area contributed by atoms with Gasteiger partial charge in [-0.3, -0.25) is 9.36 Å². The zero-order valence-corrected chi connectivity index (χ0v) is 21.6. The number of nitrogens with zero attached hydrogens (tertiary/aromatic N) is 2. The summed E-state index contributed by atoms with van der Waals surface area (Å²) in [5.74, 6) is 0.711. The predicted molar refractivity (Wildman–Crippen MR) is 151 cm³/mol. The Kier molecular flexibility index (Phi) is 7.77. The van der Waals surface area contributed by atoms with Crippen LogP contribution in [-0.2, 0) is 6.42 Å². The van der Waals surface area contributed by atoms with Gasteiger partial charge in [0.25, 0.3) is 5.91 Å². The second kappa shape index (κ2) is 11.5. The van der Waals surface area contributed by atoms with E-state index in [9.17, 15) is 9.59 Å². The second-order valence-corrected chi connectivity index (χ2v) is 10.0. The van der Waals surface area contributed by atoms with Crippen LogP contribution in [0.25, 0.3) is 16.9 Å². The number of aromatic nitrogens is 2. The SMILES string of the molecule is CCSNc1ccccc1-n1c(-c2ccccc2)c(C(=O)N2CCNCC2Cc2ccccc2)[nH]c1=O. The third-order valence-electron chi connectivity index (χ3n) is 6.55. The molecule has 3 N–H and O–H groups in total. The highest BCUT2D eigenvalue weighted by molar-refractivity contribution is 8.00. The molecule has 7 nitrogen and oxygen atoms in total. The fourth-order valence-electron chi connectivity index (χ4n) is 4.83. The van der Waals surface area contributed by atoms with Crippen LogP contribution in [0.5, 0.6) is 0 Å². The summed E-state index contributed by atoms with van der Waals surface area (Å²) in [5.41, 5.74) is 4.04. The van der Waals surface area contributed by atoms with E-state index in [4.69, 9.17) is 0 Å². The van der Waals surface area contributed by atoms with Gasteiger partial charge in [0.05, 0.1) is 17.1 Å². The lowest BCUT2D eigenvalue weighted by molar-refractivity contribution is 0.0631. The summed E-state index contributed by atoms with van der Waals surface area (Å²) in [7, 11) is 0. The van der Waals surface area contributed by atoms with E-state index in [1.54, 1.807) is 16.5 Å². The molecular weight excluding hydrogens is 482 g/mol. The number of H-pyrrole nitrogens is 1. The molecule has 0 bridgehead atoms. The molecule has 1 saturated heterocycles. The first-order valence-electron chi connectivity index (χ1n) is 12.6. The quantitative estimate of drug-likeness (QED) is 0.301. The number of piperazine rings is 1. The average molecular weight is 514 g/mol. The maximum absolute atomic E-state index is 14.1. The van der Waals surface area contributed by atoms with Crippen molar-refractivity contribution in [3.05, 3.63) is 107 Å². The molecule has 1 amide bonds. The van der Waals surface area contributed by atoms with E-state index in [1.165, 1.54) is 5.56 Å². The van der Waals surface area contributed by atoms with E-state index < -0.39 is 0 Å². The van der Waals surface area contributed by atoms with Gasteiger partial charge < -0.3 is 19.9 Å². The van der Waals surface area contributed by atoms with Crippen molar-refractivity contribution >= 4 is 23.5 Å². The van der Waals surface area contributed by atoms with Crippen LogP contribution in [-0.4, -0.2) is 51.8 Å². The van der Waals surface area contributed by atoms with E-state index in [2.05, 4.69) is 34.1 Å². The predicted octanol–water partition coefficient (Wildman–Crippen LogP) is 4.57. The van der Waals surface area contributed by atoms with E-state index in [-0.39, 0.29) is 17.6 Å². The van der Waals surface area contributed by atoms with Crippen molar-refractivity contribution in [2.75, 3.05) is 30.1 Å². The van der Waals surface area contributed by atoms with E-state index in [0.717, 1.165) is 23.4 Å². The number of para-hydroxylation sites is 2. The average Bonchev–Trinajstić information content (AvgIpc) is 3.29. The minimum absolute atomic E-state index is 0.0194. The Bertz CT molecular complexity index is 1400. The largest absolute Gasteiger partial charge is 0.331 e. The number of benzene rings is 3. The first-order chi connectivity index (χ1) is 18.2. The van der Waals surface area contributed by atoms with Crippen LogP contribution >= 0.6 is 11.9 Å². The smallest absolute Gasteiger partial charge is 0.331 e. The van der Waals surface area contributed by atoms with Crippen molar-refractivity contribution in [1.29, 1.82) is 0 Å². The van der Waals surface area contributed by atoms with Gasteiger partial charge in [-0.15, -0.1) is 0 Å². The Morgan fingerprint density at radius 3 is 2.46 bits per heavy atom. The summed E-state index contributed by atoms with van der Waals surface area (Å²) in [4.78, 5) is 32.5. The molecule has 1 fully saturated rings. The van der Waals surface area contributed by atoms with Gasteiger partial charge in [0.2, 0.25) is 0 Å². The number of hydrogen-bond donors (Lipinski definition) is 3. The number of carbonyl (C=O) groups excluding carboxylic acids is 1. The Morgan fingerprint density at radius 2 is 1.70 bits per heavy atom. The number of rotatable bonds is 8. The van der Waals surface area contributed by atoms with Crippen molar-refractivity contribution in [3.63, 3.8) is 0 Å². The second-order valence-electron chi connectivity index (χ2n) is 8.95. The summed E-state index contributed by atoms with van der Waals surface area (Å²) in [6.07, 6.45) is 0.742. The third-order valence-corrected chi connectivity index (χ3v) is 7.21. The van der Waals surface area contributed by atoms with Crippen LogP contribution in [0.2, 0.25) is 0 Å². The van der Waals surface area contributed by atoms with Crippen molar-refractivity contribution in [2.45, 2.75) is 19.4 Å². The number of aromatic amines is 1. The maximum atomic E-state index is 14.1. The van der Waals surface area contributed by atoms with Crippen LogP contribution < -0.4 is 15.7 Å². The summed E-state index contributed by atoms with van der Waals surface area (Å²) in [6, 6.07) is 27.5. The van der Waals surface area contributed by atoms with Gasteiger partial charge >= 0.3 is 5.69 Å². The van der Waals surface area contributed by atoms with Crippen molar-refractivity contribution in [2.24, 2.45) is 0 Å². The summed E-state index contributed by atoms with van der Waals surface area (Å²) in [6.45, 7) is 4.05. The van der Waals surface area contributed by atoms with E-state index >= 15 is 0 Å². The maximum Gasteiger partial charge on any atom is 0.331 e. The number of hydrogen-bond acceptors (Lipinski definition) is 5. The molecule has 8 heteroatoms. The van der Waals surface area contributed by atoms with Crippen molar-refractivity contribution < 1.29 is 4.79 Å². The number of amides is 1. The van der Waals surface area contributed by atoms with Crippen molar-refractivity contribution in [3.8, 4) is 16.9 Å². The molecule has 37 heavy (non-hydrogen) atoms. The molecule has 0 radical (unpaired) electrons. The normalized spacial score (nSPS) is 15.5. The molecular formula is C29H31N5O2S. The van der Waals surface area contributed by atoms with Gasteiger partial charge in [-0.1, -0.05) is 91.7 Å². The molecule has 0 saturated carbocycles. The Labute approximate surface area is 221 Å². The van der Waals surface area contributed by atoms with Crippen LogP contribution in [0.4, 0.5) is 5.69 Å². The lowest BCUT2D eigenvalue weighted by atomic mass is 10.0. The van der Waals surface area contributed by atoms with Gasteiger partial charge in [-0.2, -0.15) is 0 Å². The van der Waals surface area contributed by atoms with Gasteiger partial charge in [-0.25, -0.2) is 4.79 Å². The molecule has 5 rings (SSSR count). The molecule has 2 heterocycles. The Morgan fingerprint density at radius 1 is 1.00 bits per heavy atom. The molecule has 1 unspecified atom stereocenters. The highest BCUT2D eigenvalue weighted by Crippen LogP contribution is 2.30. The Balaban J connectivity index is 1.60. The van der Waals surface area contributed by atoms with Gasteiger partial charge in [-0.05, 0) is 24.1 Å². The summed E-state index contributed by atoms with van der Waals surface area (Å²) < 4.78 is 4.96. The summed E-state index contributed by atoms with van der Waals surface area (Å²) >= 11 is 1.56. The molecule has 3 aromatic carbocycles. The van der Waals surface area contributed by atoms with E-state index in [0.29, 0.717) is 36.7 Å². The molecule has 1 aliphatic heterocycles. The van der Waals surface area contributed by atoms with Crippen LogP contribution in [0, 0.1) is 0 Å². The molecule has 0 aliphatic carbocycles. The van der Waals surface area contributed by atoms with Gasteiger partial charge in [0.1, 0.15) is 5.69 Å². The minimum Gasteiger partial charge on any atom is -0.331 e. The number of nitrogens with one attached hydrogen (secondary N) is 3. The monoisotopic (exact) mass is 513 g/mol. The summed E-state index contributed by atoms with van der Waals surface area (Å²) in [5, 5.41) is 3.43. The lowest BCUT2D eigenvalue weighted by Gasteiger charge is -2.36. The molecule has 1 atom stereocenters. The number of anilines is 1. The highest BCUT2D eigenvalue weighted by Gasteiger charge is 2.32. The standard InChI is InChI=1S/C29H31N5O2S/c1-2-37-32-24-15-9-10-16-25(24)34-27(22-13-7-4-8-14-22)26(31-29(34)36)28(35)33-18-17-30-20-23(33)19-21-11-5-3-6-12-21/h3-16,23,30,32H,2,17-20H2,1H3,(H,31,36). The topological polar surface area (TPSA) is 82.2 Å². The van der Waals surface area contributed by atoms with Gasteiger partial charge in [0, 0.05) is 37.0 Å². The zero-order valence-electron chi connectivity index (χ0n) is 20.8. The minimum atomic E-state index is -0.340.